The van der Waals surface area contributed by atoms with Gasteiger partial charge in [-0.1, -0.05) is 5.16 Å². The minimum atomic E-state index is -0.0741. The van der Waals surface area contributed by atoms with Crippen LogP contribution in [0.15, 0.2) is 29.4 Å². The molecule has 5 nitrogen and oxygen atoms in total. The molecule has 64 valence electrons. The van der Waals surface area contributed by atoms with Crippen LogP contribution < -0.4 is 5.48 Å². The maximum atomic E-state index is 8.90. The smallest absolute Gasteiger partial charge is 0.196 e. The van der Waals surface area contributed by atoms with Crippen molar-refractivity contribution in [2.75, 3.05) is 0 Å². The zero-order valence-electron chi connectivity index (χ0n) is 6.10. The van der Waals surface area contributed by atoms with E-state index in [4.69, 9.17) is 15.5 Å². The summed E-state index contributed by atoms with van der Waals surface area (Å²) in [4.78, 5) is 0. The predicted octanol–water partition coefficient (Wildman–Crippen LogP) is 0.507. The fraction of sp³-hybridized carbons (Fsp3) is 0. The molecule has 0 heterocycles. The number of aromatic hydroxyl groups is 1. The Morgan fingerprint density at radius 1 is 1.25 bits per heavy atom. The number of nitrogens with one attached hydrogen (secondary N) is 1. The number of hydrogen-bond donors (Lipinski definition) is 4. The molecule has 0 spiro atoms. The van der Waals surface area contributed by atoms with E-state index < -0.39 is 0 Å². The maximum absolute atomic E-state index is 8.90. The van der Waals surface area contributed by atoms with Gasteiger partial charge in [0.25, 0.3) is 0 Å². The molecule has 12 heavy (non-hydrogen) atoms. The quantitative estimate of drug-likeness (QED) is 0.213. The van der Waals surface area contributed by atoms with E-state index in [2.05, 4.69) is 5.16 Å². The van der Waals surface area contributed by atoms with Crippen molar-refractivity contribution in [3.05, 3.63) is 29.8 Å². The Balaban J connectivity index is 2.96. The summed E-state index contributed by atoms with van der Waals surface area (Å²) >= 11 is 0. The summed E-state index contributed by atoms with van der Waals surface area (Å²) < 4.78 is 0. The zero-order chi connectivity index (χ0) is 8.97. The first kappa shape index (κ1) is 8.35. The third-order valence-electron chi connectivity index (χ3n) is 1.35. The van der Waals surface area contributed by atoms with Crippen LogP contribution >= 0.6 is 0 Å². The second-order valence-electron chi connectivity index (χ2n) is 2.11. The second-order valence-corrected chi connectivity index (χ2v) is 2.11. The van der Waals surface area contributed by atoms with Crippen molar-refractivity contribution < 1.29 is 15.5 Å². The minimum Gasteiger partial charge on any atom is -0.508 e. The highest BCUT2D eigenvalue weighted by atomic mass is 16.5. The highest BCUT2D eigenvalue weighted by Gasteiger charge is 2.00. The van der Waals surface area contributed by atoms with E-state index in [1.165, 1.54) is 24.3 Å². The van der Waals surface area contributed by atoms with Crippen molar-refractivity contribution in [2.24, 2.45) is 5.16 Å². The molecule has 1 aromatic carbocycles. The first-order valence-corrected chi connectivity index (χ1v) is 3.19. The van der Waals surface area contributed by atoms with Crippen LogP contribution in [0.25, 0.3) is 0 Å². The summed E-state index contributed by atoms with van der Waals surface area (Å²) in [6.07, 6.45) is 0. The molecular weight excluding hydrogens is 160 g/mol. The van der Waals surface area contributed by atoms with E-state index >= 15 is 0 Å². The van der Waals surface area contributed by atoms with Gasteiger partial charge in [0.15, 0.2) is 5.84 Å². The molecule has 0 amide bonds. The summed E-state index contributed by atoms with van der Waals surface area (Å²) in [5.74, 6) is 0.0315. The lowest BCUT2D eigenvalue weighted by Crippen LogP contribution is -2.19. The number of hydroxylamine groups is 1. The lowest BCUT2D eigenvalue weighted by molar-refractivity contribution is 0.223. The van der Waals surface area contributed by atoms with Gasteiger partial charge in [0.2, 0.25) is 0 Å². The molecular formula is C7H8N2O3. The van der Waals surface area contributed by atoms with Crippen molar-refractivity contribution in [3.8, 4) is 5.75 Å². The van der Waals surface area contributed by atoms with Crippen molar-refractivity contribution in [1.82, 2.24) is 5.48 Å². The van der Waals surface area contributed by atoms with Crippen molar-refractivity contribution in [2.45, 2.75) is 0 Å². The van der Waals surface area contributed by atoms with Crippen molar-refractivity contribution in [3.63, 3.8) is 0 Å². The molecule has 0 aliphatic rings. The molecule has 0 atom stereocenters. The van der Waals surface area contributed by atoms with Gasteiger partial charge in [0, 0.05) is 5.56 Å². The van der Waals surface area contributed by atoms with Gasteiger partial charge in [-0.15, -0.1) is 0 Å². The highest BCUT2D eigenvalue weighted by Crippen LogP contribution is 2.09. The van der Waals surface area contributed by atoms with Crippen LogP contribution in [0, 0.1) is 0 Å². The van der Waals surface area contributed by atoms with Crippen molar-refractivity contribution >= 4 is 5.84 Å². The summed E-state index contributed by atoms with van der Waals surface area (Å²) in [7, 11) is 0. The first-order valence-electron chi connectivity index (χ1n) is 3.19. The third kappa shape index (κ3) is 1.64. The molecule has 0 unspecified atom stereocenters. The van der Waals surface area contributed by atoms with Gasteiger partial charge in [-0.3, -0.25) is 5.21 Å². The van der Waals surface area contributed by atoms with Gasteiger partial charge in [0.1, 0.15) is 5.75 Å². The standard InChI is InChI=1S/C7H8N2O3/c10-6-3-1-5(2-4-6)7(8-11)9-12/h1-4,10-12H,(H,8,9). The van der Waals surface area contributed by atoms with Gasteiger partial charge in [0.05, 0.1) is 0 Å². The molecule has 5 heteroatoms. The SMILES string of the molecule is ON=C(NO)c1ccc(O)cc1. The Morgan fingerprint density at radius 2 is 1.83 bits per heavy atom. The average molecular weight is 168 g/mol. The van der Waals surface area contributed by atoms with E-state index in [-0.39, 0.29) is 11.6 Å². The Hall–Kier alpha value is -1.75. The number of benzene rings is 1. The normalized spacial score (nSPS) is 11.2. The zero-order valence-corrected chi connectivity index (χ0v) is 6.10. The average Bonchev–Trinajstić information content (AvgIpc) is 2.10. The number of nitrogens with zero attached hydrogens (tertiary/aromatic N) is 1. The molecule has 1 rings (SSSR count). The fourth-order valence-corrected chi connectivity index (χ4v) is 0.764. The Labute approximate surface area is 68.5 Å². The molecule has 0 aromatic heterocycles. The number of amidine groups is 1. The molecule has 4 N–H and O–H groups in total. The van der Waals surface area contributed by atoms with Crippen LogP contribution in [-0.2, 0) is 0 Å². The number of phenolic OH excluding ortho intramolecular Hbond substituents is 1. The van der Waals surface area contributed by atoms with Crippen LogP contribution in [0.4, 0.5) is 0 Å². The number of hydrogen-bond acceptors (Lipinski definition) is 4. The Morgan fingerprint density at radius 3 is 2.25 bits per heavy atom. The molecule has 0 saturated carbocycles. The molecule has 0 radical (unpaired) electrons. The molecule has 0 bridgehead atoms. The summed E-state index contributed by atoms with van der Waals surface area (Å²) in [5.41, 5.74) is 2.18. The van der Waals surface area contributed by atoms with Gasteiger partial charge in [-0.05, 0) is 24.3 Å². The predicted molar refractivity (Wildman–Crippen MR) is 41.4 cm³/mol. The van der Waals surface area contributed by atoms with Crippen LogP contribution in [0.2, 0.25) is 0 Å². The maximum Gasteiger partial charge on any atom is 0.196 e. The summed E-state index contributed by atoms with van der Waals surface area (Å²) in [6.45, 7) is 0. The van der Waals surface area contributed by atoms with Gasteiger partial charge in [-0.25, -0.2) is 5.48 Å². The van der Waals surface area contributed by atoms with E-state index in [0.29, 0.717) is 5.56 Å². The molecule has 0 saturated heterocycles. The number of oxime groups is 1. The molecule has 0 fully saturated rings. The van der Waals surface area contributed by atoms with E-state index in [1.54, 1.807) is 5.48 Å². The van der Waals surface area contributed by atoms with Gasteiger partial charge in [-0.2, -0.15) is 0 Å². The minimum absolute atomic E-state index is 0.0741. The first-order chi connectivity index (χ1) is 5.77. The number of phenols is 1. The second kappa shape index (κ2) is 3.59. The monoisotopic (exact) mass is 168 g/mol. The topological polar surface area (TPSA) is 85.1 Å². The lowest BCUT2D eigenvalue weighted by atomic mass is 10.2. The summed E-state index contributed by atoms with van der Waals surface area (Å²) in [6, 6.07) is 5.82. The van der Waals surface area contributed by atoms with Crippen LogP contribution in [0.3, 0.4) is 0 Å². The third-order valence-corrected chi connectivity index (χ3v) is 1.35. The van der Waals surface area contributed by atoms with Crippen LogP contribution in [-0.4, -0.2) is 21.4 Å². The summed E-state index contributed by atoms with van der Waals surface area (Å²) in [5, 5.41) is 28.5. The molecule has 1 aromatic rings. The van der Waals surface area contributed by atoms with Crippen LogP contribution in [0.1, 0.15) is 5.56 Å². The lowest BCUT2D eigenvalue weighted by Gasteiger charge is -2.01. The molecule has 0 aliphatic heterocycles. The van der Waals surface area contributed by atoms with Crippen molar-refractivity contribution in [1.29, 1.82) is 0 Å². The Bertz CT molecular complexity index is 281. The largest absolute Gasteiger partial charge is 0.508 e. The van der Waals surface area contributed by atoms with E-state index in [0.717, 1.165) is 0 Å². The van der Waals surface area contributed by atoms with Gasteiger partial charge < -0.3 is 10.3 Å². The van der Waals surface area contributed by atoms with E-state index in [1.807, 2.05) is 0 Å². The van der Waals surface area contributed by atoms with Crippen LogP contribution in [0.5, 0.6) is 5.75 Å². The number of rotatable bonds is 1. The molecule has 0 aliphatic carbocycles. The Kier molecular flexibility index (Phi) is 2.49. The van der Waals surface area contributed by atoms with E-state index in [9.17, 15) is 0 Å². The fourth-order valence-electron chi connectivity index (χ4n) is 0.764. The highest BCUT2D eigenvalue weighted by molar-refractivity contribution is 5.97. The van der Waals surface area contributed by atoms with Gasteiger partial charge >= 0.3 is 0 Å².